The molecule has 0 unspecified atom stereocenters. The van der Waals surface area contributed by atoms with Gasteiger partial charge in [0, 0.05) is 19.2 Å². The number of nitrogens with zero attached hydrogens (tertiary/aromatic N) is 3. The van der Waals surface area contributed by atoms with Gasteiger partial charge in [0.1, 0.15) is 5.69 Å². The number of amides is 2. The first-order chi connectivity index (χ1) is 8.69. The molecule has 0 atom stereocenters. The Balaban J connectivity index is 1.83. The second-order valence-corrected chi connectivity index (χ2v) is 4.77. The van der Waals surface area contributed by atoms with E-state index >= 15 is 0 Å². The minimum Gasteiger partial charge on any atom is -0.335 e. The van der Waals surface area contributed by atoms with E-state index in [0.717, 1.165) is 6.54 Å². The zero-order valence-corrected chi connectivity index (χ0v) is 9.80. The summed E-state index contributed by atoms with van der Waals surface area (Å²) in [7, 11) is 0. The third kappa shape index (κ3) is 1.86. The highest BCUT2D eigenvalue weighted by atomic mass is 16.5. The topological polar surface area (TPSA) is 87.5 Å². The van der Waals surface area contributed by atoms with Gasteiger partial charge in [-0.05, 0) is 18.8 Å². The van der Waals surface area contributed by atoms with E-state index in [-0.39, 0.29) is 11.6 Å². The molecule has 0 spiro atoms. The van der Waals surface area contributed by atoms with E-state index in [2.05, 4.69) is 5.10 Å². The number of carbonyl (C=O) groups is 2. The highest BCUT2D eigenvalue weighted by molar-refractivity contribution is 5.97. The molecule has 2 heterocycles. The molecular weight excluding hydrogens is 236 g/mol. The van der Waals surface area contributed by atoms with Crippen LogP contribution in [0.2, 0.25) is 0 Å². The Labute approximate surface area is 103 Å². The van der Waals surface area contributed by atoms with E-state index < -0.39 is 5.91 Å². The number of fused-ring (bicyclic) bond motifs is 1. The molecule has 1 aliphatic carbocycles. The first kappa shape index (κ1) is 11.2. The number of aromatic nitrogens is 2. The van der Waals surface area contributed by atoms with Crippen LogP contribution in [-0.4, -0.2) is 44.8 Å². The van der Waals surface area contributed by atoms with E-state index in [1.54, 1.807) is 0 Å². The molecule has 1 fully saturated rings. The van der Waals surface area contributed by atoms with Crippen molar-refractivity contribution >= 4 is 11.8 Å². The van der Waals surface area contributed by atoms with Crippen molar-refractivity contribution in [3.63, 3.8) is 0 Å². The predicted molar refractivity (Wildman–Crippen MR) is 60.1 cm³/mol. The van der Waals surface area contributed by atoms with Gasteiger partial charge in [0.2, 0.25) is 0 Å². The van der Waals surface area contributed by atoms with Gasteiger partial charge in [0.15, 0.2) is 5.69 Å². The Kier molecular flexibility index (Phi) is 2.55. The van der Waals surface area contributed by atoms with Crippen LogP contribution >= 0.6 is 0 Å². The first-order valence-corrected chi connectivity index (χ1v) is 6.00. The van der Waals surface area contributed by atoms with Gasteiger partial charge in [-0.1, -0.05) is 0 Å². The summed E-state index contributed by atoms with van der Waals surface area (Å²) in [6.07, 6.45) is 2.39. The lowest BCUT2D eigenvalue weighted by molar-refractivity contribution is 0.0681. The quantitative estimate of drug-likeness (QED) is 0.577. The summed E-state index contributed by atoms with van der Waals surface area (Å²) in [5.41, 5.74) is 2.00. The second-order valence-electron chi connectivity index (χ2n) is 4.77. The molecule has 1 aromatic rings. The van der Waals surface area contributed by atoms with E-state index in [1.165, 1.54) is 29.1 Å². The molecule has 2 amide bonds. The van der Waals surface area contributed by atoms with Crippen molar-refractivity contribution in [3.05, 3.63) is 17.5 Å². The SMILES string of the molecule is O=C(NO)c1cc2n(n1)CCN(CC1CC1)C2=O. The van der Waals surface area contributed by atoms with Crippen LogP contribution in [0.25, 0.3) is 0 Å². The van der Waals surface area contributed by atoms with Crippen molar-refractivity contribution in [2.24, 2.45) is 5.92 Å². The number of hydrogen-bond donors (Lipinski definition) is 2. The third-order valence-electron chi connectivity index (χ3n) is 3.38. The Morgan fingerprint density at radius 1 is 1.50 bits per heavy atom. The molecule has 2 N–H and O–H groups in total. The van der Waals surface area contributed by atoms with Crippen molar-refractivity contribution in [2.45, 2.75) is 19.4 Å². The summed E-state index contributed by atoms with van der Waals surface area (Å²) in [5, 5.41) is 12.5. The van der Waals surface area contributed by atoms with Gasteiger partial charge in [-0.15, -0.1) is 0 Å². The zero-order valence-electron chi connectivity index (χ0n) is 9.80. The summed E-state index contributed by atoms with van der Waals surface area (Å²) in [4.78, 5) is 25.2. The molecule has 1 saturated carbocycles. The lowest BCUT2D eigenvalue weighted by Crippen LogP contribution is -2.41. The zero-order chi connectivity index (χ0) is 12.7. The maximum atomic E-state index is 12.2. The summed E-state index contributed by atoms with van der Waals surface area (Å²) in [6, 6.07) is 1.42. The fourth-order valence-electron chi connectivity index (χ4n) is 2.19. The molecule has 0 aromatic carbocycles. The first-order valence-electron chi connectivity index (χ1n) is 6.00. The van der Waals surface area contributed by atoms with Crippen molar-refractivity contribution in [1.29, 1.82) is 0 Å². The summed E-state index contributed by atoms with van der Waals surface area (Å²) in [5.74, 6) is -0.139. The molecule has 0 bridgehead atoms. The average Bonchev–Trinajstić information content (AvgIpc) is 3.08. The van der Waals surface area contributed by atoms with Crippen LogP contribution in [0, 0.1) is 5.92 Å². The van der Waals surface area contributed by atoms with Crippen LogP contribution in [0.1, 0.15) is 33.8 Å². The Hall–Kier alpha value is -1.89. The van der Waals surface area contributed by atoms with Crippen molar-refractivity contribution in [2.75, 3.05) is 13.1 Å². The fourth-order valence-corrected chi connectivity index (χ4v) is 2.19. The number of rotatable bonds is 3. The van der Waals surface area contributed by atoms with Crippen LogP contribution < -0.4 is 5.48 Å². The van der Waals surface area contributed by atoms with E-state index in [0.29, 0.717) is 24.7 Å². The highest BCUT2D eigenvalue weighted by Crippen LogP contribution is 2.30. The molecule has 0 radical (unpaired) electrons. The summed E-state index contributed by atoms with van der Waals surface area (Å²) < 4.78 is 1.52. The summed E-state index contributed by atoms with van der Waals surface area (Å²) in [6.45, 7) is 2.02. The predicted octanol–water partition coefficient (Wildman–Crippen LogP) is -0.132. The van der Waals surface area contributed by atoms with Gasteiger partial charge < -0.3 is 4.90 Å². The number of hydrogen-bond acceptors (Lipinski definition) is 4. The largest absolute Gasteiger partial charge is 0.335 e. The molecule has 1 aliphatic heterocycles. The lowest BCUT2D eigenvalue weighted by Gasteiger charge is -2.27. The van der Waals surface area contributed by atoms with Crippen molar-refractivity contribution < 1.29 is 14.8 Å². The van der Waals surface area contributed by atoms with Gasteiger partial charge in [0.05, 0.1) is 6.54 Å². The third-order valence-corrected chi connectivity index (χ3v) is 3.38. The minimum atomic E-state index is -0.696. The van der Waals surface area contributed by atoms with Crippen LogP contribution in [0.5, 0.6) is 0 Å². The van der Waals surface area contributed by atoms with Crippen LogP contribution in [0.4, 0.5) is 0 Å². The van der Waals surface area contributed by atoms with Crippen LogP contribution in [0.15, 0.2) is 6.07 Å². The normalized spacial score (nSPS) is 18.7. The highest BCUT2D eigenvalue weighted by Gasteiger charge is 2.32. The molecule has 7 nitrogen and oxygen atoms in total. The van der Waals surface area contributed by atoms with E-state index in [9.17, 15) is 9.59 Å². The standard InChI is InChI=1S/C11H14N4O3/c16-10(13-18)8-5-9-11(17)14(6-7-1-2-7)3-4-15(9)12-8/h5,7,18H,1-4,6H2,(H,13,16). The molecule has 1 aromatic heterocycles. The smallest absolute Gasteiger partial charge is 0.295 e. The Morgan fingerprint density at radius 2 is 2.28 bits per heavy atom. The molecular formula is C11H14N4O3. The average molecular weight is 250 g/mol. The molecule has 0 saturated heterocycles. The molecule has 96 valence electrons. The molecule has 2 aliphatic rings. The number of hydroxylamine groups is 1. The second kappa shape index (κ2) is 4.09. The maximum Gasteiger partial charge on any atom is 0.295 e. The minimum absolute atomic E-state index is 0.0640. The summed E-state index contributed by atoms with van der Waals surface area (Å²) >= 11 is 0. The van der Waals surface area contributed by atoms with Crippen molar-refractivity contribution in [3.8, 4) is 0 Å². The fraction of sp³-hybridized carbons (Fsp3) is 0.545. The van der Waals surface area contributed by atoms with Crippen molar-refractivity contribution in [1.82, 2.24) is 20.2 Å². The van der Waals surface area contributed by atoms with Gasteiger partial charge in [0.25, 0.3) is 11.8 Å². The maximum absolute atomic E-state index is 12.2. The van der Waals surface area contributed by atoms with Gasteiger partial charge >= 0.3 is 0 Å². The molecule has 7 heteroatoms. The Morgan fingerprint density at radius 3 is 2.94 bits per heavy atom. The monoisotopic (exact) mass is 250 g/mol. The van der Waals surface area contributed by atoms with Gasteiger partial charge in [-0.25, -0.2) is 5.48 Å². The van der Waals surface area contributed by atoms with Gasteiger partial charge in [-0.3, -0.25) is 19.5 Å². The molecule has 3 rings (SSSR count). The number of nitrogens with one attached hydrogen (secondary N) is 1. The molecule has 18 heavy (non-hydrogen) atoms. The van der Waals surface area contributed by atoms with Gasteiger partial charge in [-0.2, -0.15) is 5.10 Å². The van der Waals surface area contributed by atoms with Crippen LogP contribution in [0.3, 0.4) is 0 Å². The van der Waals surface area contributed by atoms with E-state index in [1.807, 2.05) is 4.90 Å². The number of carbonyl (C=O) groups excluding carboxylic acids is 2. The van der Waals surface area contributed by atoms with E-state index in [4.69, 9.17) is 5.21 Å². The van der Waals surface area contributed by atoms with Crippen LogP contribution in [-0.2, 0) is 6.54 Å². The Bertz CT molecular complexity index is 506. The lowest BCUT2D eigenvalue weighted by atomic mass is 10.2.